The van der Waals surface area contributed by atoms with E-state index in [9.17, 15) is 9.90 Å². The van der Waals surface area contributed by atoms with Gasteiger partial charge in [0.15, 0.2) is 0 Å². The highest BCUT2D eigenvalue weighted by molar-refractivity contribution is 5.80. The molecule has 4 heteroatoms. The van der Waals surface area contributed by atoms with Gasteiger partial charge in [-0.1, -0.05) is 5.57 Å². The molecule has 0 saturated carbocycles. The van der Waals surface area contributed by atoms with E-state index < -0.39 is 0 Å². The first kappa shape index (κ1) is 14.3. The zero-order valence-electron chi connectivity index (χ0n) is 11.7. The Hall–Kier alpha value is -2.07. The zero-order chi connectivity index (χ0) is 14.7. The lowest BCUT2D eigenvalue weighted by atomic mass is 10.1. The molecule has 4 nitrogen and oxygen atoms in total. The fourth-order valence-corrected chi connectivity index (χ4v) is 2.07. The quantitative estimate of drug-likeness (QED) is 0.672. The van der Waals surface area contributed by atoms with Crippen LogP contribution in [0, 0.1) is 0 Å². The summed E-state index contributed by atoms with van der Waals surface area (Å²) in [6.07, 6.45) is 1.35. The number of fused-ring (bicyclic) bond motifs is 1. The second kappa shape index (κ2) is 5.92. The van der Waals surface area contributed by atoms with Crippen molar-refractivity contribution >= 4 is 11.0 Å². The van der Waals surface area contributed by atoms with Gasteiger partial charge >= 0.3 is 5.63 Å². The van der Waals surface area contributed by atoms with Crippen LogP contribution in [0.1, 0.15) is 24.5 Å². The Labute approximate surface area is 117 Å². The summed E-state index contributed by atoms with van der Waals surface area (Å²) in [5, 5.41) is 10.1. The van der Waals surface area contributed by atoms with Gasteiger partial charge in [0.25, 0.3) is 0 Å². The summed E-state index contributed by atoms with van der Waals surface area (Å²) in [4.78, 5) is 11.9. The van der Waals surface area contributed by atoms with Gasteiger partial charge in [-0.15, -0.1) is 6.58 Å². The zero-order valence-corrected chi connectivity index (χ0v) is 11.7. The number of rotatable bonds is 5. The molecule has 0 aliphatic rings. The second-order valence-corrected chi connectivity index (χ2v) is 4.88. The number of benzene rings is 1. The van der Waals surface area contributed by atoms with Crippen LogP contribution in [0.4, 0.5) is 0 Å². The molecule has 106 valence electrons. The lowest BCUT2D eigenvalue weighted by molar-refractivity contribution is 0.274. The van der Waals surface area contributed by atoms with E-state index in [2.05, 4.69) is 6.58 Å². The van der Waals surface area contributed by atoms with Crippen LogP contribution in [-0.4, -0.2) is 12.2 Å². The minimum Gasteiger partial charge on any atom is -0.496 e. The predicted octanol–water partition coefficient (Wildman–Crippen LogP) is 2.80. The minimum atomic E-state index is -0.336. The van der Waals surface area contributed by atoms with Crippen molar-refractivity contribution in [3.8, 4) is 5.75 Å². The Morgan fingerprint density at radius 3 is 2.65 bits per heavy atom. The van der Waals surface area contributed by atoms with Crippen LogP contribution < -0.4 is 10.4 Å². The monoisotopic (exact) mass is 274 g/mol. The molecule has 0 radical (unpaired) electrons. The van der Waals surface area contributed by atoms with Gasteiger partial charge in [0.2, 0.25) is 0 Å². The Bertz CT molecular complexity index is 697. The van der Waals surface area contributed by atoms with Crippen molar-refractivity contribution in [2.45, 2.75) is 26.4 Å². The third kappa shape index (κ3) is 2.91. The Balaban J connectivity index is 2.52. The Morgan fingerprint density at radius 2 is 2.05 bits per heavy atom. The molecule has 2 aromatic rings. The number of allylic oxidation sites excluding steroid dienone is 1. The van der Waals surface area contributed by atoms with Gasteiger partial charge in [-0.25, -0.2) is 4.79 Å². The highest BCUT2D eigenvalue weighted by Gasteiger charge is 2.10. The van der Waals surface area contributed by atoms with Crippen LogP contribution in [-0.2, 0) is 13.0 Å². The minimum absolute atomic E-state index is 0.126. The molecule has 1 aromatic carbocycles. The first-order valence-corrected chi connectivity index (χ1v) is 6.44. The highest BCUT2D eigenvalue weighted by Crippen LogP contribution is 2.26. The van der Waals surface area contributed by atoms with Gasteiger partial charge < -0.3 is 14.3 Å². The van der Waals surface area contributed by atoms with Crippen LogP contribution in [0.2, 0.25) is 0 Å². The SMILES string of the molecule is C=C(C)CCc1cc2cc(CO)c(OC)cc2oc1=O. The average molecular weight is 274 g/mol. The summed E-state index contributed by atoms with van der Waals surface area (Å²) in [5.74, 6) is 0.512. The summed E-state index contributed by atoms with van der Waals surface area (Å²) in [7, 11) is 1.51. The summed E-state index contributed by atoms with van der Waals surface area (Å²) in [5.41, 5.74) is 2.44. The maximum absolute atomic E-state index is 11.9. The normalized spacial score (nSPS) is 10.8. The first-order valence-electron chi connectivity index (χ1n) is 6.44. The maximum Gasteiger partial charge on any atom is 0.339 e. The van der Waals surface area contributed by atoms with E-state index in [-0.39, 0.29) is 12.2 Å². The average Bonchev–Trinajstić information content (AvgIpc) is 2.43. The molecular weight excluding hydrogens is 256 g/mol. The number of aliphatic hydroxyl groups excluding tert-OH is 1. The topological polar surface area (TPSA) is 59.7 Å². The number of aryl methyl sites for hydroxylation is 1. The molecule has 0 bridgehead atoms. The van der Waals surface area contributed by atoms with Crippen molar-refractivity contribution < 1.29 is 14.3 Å². The van der Waals surface area contributed by atoms with E-state index >= 15 is 0 Å². The van der Waals surface area contributed by atoms with Crippen molar-refractivity contribution in [2.75, 3.05) is 7.11 Å². The number of hydrogen-bond acceptors (Lipinski definition) is 4. The van der Waals surface area contributed by atoms with Crippen LogP contribution in [0.25, 0.3) is 11.0 Å². The van der Waals surface area contributed by atoms with E-state index in [1.807, 2.05) is 13.0 Å². The van der Waals surface area contributed by atoms with Crippen molar-refractivity contribution in [1.29, 1.82) is 0 Å². The van der Waals surface area contributed by atoms with Gasteiger partial charge in [-0.3, -0.25) is 0 Å². The largest absolute Gasteiger partial charge is 0.496 e. The molecule has 1 N–H and O–H groups in total. The van der Waals surface area contributed by atoms with Gasteiger partial charge in [-0.2, -0.15) is 0 Å². The fraction of sp³-hybridized carbons (Fsp3) is 0.312. The predicted molar refractivity (Wildman–Crippen MR) is 78.1 cm³/mol. The molecule has 1 aromatic heterocycles. The lowest BCUT2D eigenvalue weighted by Crippen LogP contribution is -2.07. The number of ether oxygens (including phenoxy) is 1. The molecule has 0 aliphatic heterocycles. The molecule has 0 aliphatic carbocycles. The molecule has 0 spiro atoms. The number of hydrogen-bond donors (Lipinski definition) is 1. The molecule has 0 unspecified atom stereocenters. The van der Waals surface area contributed by atoms with Crippen LogP contribution in [0.5, 0.6) is 5.75 Å². The van der Waals surface area contributed by atoms with Crippen LogP contribution in [0.3, 0.4) is 0 Å². The van der Waals surface area contributed by atoms with Gasteiger partial charge in [0.1, 0.15) is 11.3 Å². The van der Waals surface area contributed by atoms with Crippen molar-refractivity contribution in [2.24, 2.45) is 0 Å². The van der Waals surface area contributed by atoms with Gasteiger partial charge in [-0.05, 0) is 31.9 Å². The molecule has 0 amide bonds. The maximum atomic E-state index is 11.9. The van der Waals surface area contributed by atoms with Crippen molar-refractivity contribution in [3.05, 3.63) is 51.9 Å². The Morgan fingerprint density at radius 1 is 1.35 bits per heavy atom. The van der Waals surface area contributed by atoms with E-state index in [1.165, 1.54) is 7.11 Å². The number of methoxy groups -OCH3 is 1. The summed E-state index contributed by atoms with van der Waals surface area (Å²) < 4.78 is 10.5. The first-order chi connectivity index (χ1) is 9.55. The number of aliphatic hydroxyl groups is 1. The lowest BCUT2D eigenvalue weighted by Gasteiger charge is -2.08. The van der Waals surface area contributed by atoms with E-state index in [0.29, 0.717) is 28.9 Å². The van der Waals surface area contributed by atoms with Gasteiger partial charge in [0.05, 0.1) is 13.7 Å². The molecule has 0 atom stereocenters. The molecule has 20 heavy (non-hydrogen) atoms. The van der Waals surface area contributed by atoms with E-state index in [0.717, 1.165) is 17.4 Å². The van der Waals surface area contributed by atoms with Crippen LogP contribution >= 0.6 is 0 Å². The summed E-state index contributed by atoms with van der Waals surface area (Å²) >= 11 is 0. The highest BCUT2D eigenvalue weighted by atomic mass is 16.5. The fourth-order valence-electron chi connectivity index (χ4n) is 2.07. The third-order valence-corrected chi connectivity index (χ3v) is 3.20. The van der Waals surface area contributed by atoms with Gasteiger partial charge in [0, 0.05) is 22.6 Å². The summed E-state index contributed by atoms with van der Waals surface area (Å²) in [6.45, 7) is 5.63. The molecule has 2 rings (SSSR count). The van der Waals surface area contributed by atoms with Crippen molar-refractivity contribution in [1.82, 2.24) is 0 Å². The molecule has 1 heterocycles. The Kier molecular flexibility index (Phi) is 4.25. The van der Waals surface area contributed by atoms with Crippen LogP contribution in [0.15, 0.2) is 39.6 Å². The van der Waals surface area contributed by atoms with E-state index in [4.69, 9.17) is 9.15 Å². The third-order valence-electron chi connectivity index (χ3n) is 3.20. The standard InChI is InChI=1S/C16H18O4/c1-10(2)4-5-11-6-12-7-13(9-17)14(19-3)8-15(12)20-16(11)18/h6-8,17H,1,4-5,9H2,2-3H3. The molecular formula is C16H18O4. The molecule has 0 fully saturated rings. The van der Waals surface area contributed by atoms with Crippen molar-refractivity contribution in [3.63, 3.8) is 0 Å². The smallest absolute Gasteiger partial charge is 0.339 e. The second-order valence-electron chi connectivity index (χ2n) is 4.88. The molecule has 0 saturated heterocycles. The van der Waals surface area contributed by atoms with E-state index in [1.54, 1.807) is 12.1 Å². The summed E-state index contributed by atoms with van der Waals surface area (Å²) in [6, 6.07) is 5.22.